The number of hydrogen-bond acceptors (Lipinski definition) is 2. The zero-order valence-electron chi connectivity index (χ0n) is 13.8. The van der Waals surface area contributed by atoms with Crippen LogP contribution in [0.15, 0.2) is 30.3 Å². The van der Waals surface area contributed by atoms with Crippen LogP contribution in [0.25, 0.3) is 0 Å². The van der Waals surface area contributed by atoms with E-state index in [1.165, 1.54) is 24.8 Å². The van der Waals surface area contributed by atoms with Gasteiger partial charge in [0.2, 0.25) is 0 Å². The molecule has 1 aromatic rings. The van der Waals surface area contributed by atoms with E-state index in [-0.39, 0.29) is 11.1 Å². The van der Waals surface area contributed by atoms with Crippen LogP contribution < -0.4 is 5.30 Å². The van der Waals surface area contributed by atoms with Crippen LogP contribution in [0.3, 0.4) is 0 Å². The minimum absolute atomic E-state index is 0.214. The number of benzene rings is 1. The van der Waals surface area contributed by atoms with E-state index in [4.69, 9.17) is 0 Å². The first-order valence-electron chi connectivity index (χ1n) is 7.61. The molecule has 2 nitrogen and oxygen atoms in total. The van der Waals surface area contributed by atoms with Gasteiger partial charge in [-0.05, 0) is 48.0 Å². The lowest BCUT2D eigenvalue weighted by atomic mass is 10.1. The lowest BCUT2D eigenvalue weighted by Gasteiger charge is -2.53. The molecule has 1 heterocycles. The van der Waals surface area contributed by atoms with Gasteiger partial charge >= 0.3 is 0 Å². The first kappa shape index (κ1) is 15.9. The number of rotatable bonds is 1. The summed E-state index contributed by atoms with van der Waals surface area (Å²) in [5.41, 5.74) is 0.428. The smallest absolute Gasteiger partial charge is 0.0734 e. The van der Waals surface area contributed by atoms with E-state index in [1.54, 1.807) is 0 Å². The molecule has 0 aliphatic carbocycles. The molecule has 3 heteroatoms. The average Bonchev–Trinajstić information content (AvgIpc) is 2.37. The normalized spacial score (nSPS) is 20.3. The third-order valence-electron chi connectivity index (χ3n) is 3.73. The van der Waals surface area contributed by atoms with Crippen molar-refractivity contribution in [3.63, 3.8) is 0 Å². The maximum atomic E-state index is 2.71. The molecule has 1 saturated heterocycles. The Morgan fingerprint density at radius 2 is 1.25 bits per heavy atom. The molecule has 1 fully saturated rings. The minimum atomic E-state index is -0.403. The van der Waals surface area contributed by atoms with E-state index in [0.29, 0.717) is 0 Å². The number of hydrogen-bond donors (Lipinski definition) is 0. The van der Waals surface area contributed by atoms with Crippen molar-refractivity contribution in [2.45, 2.75) is 59.0 Å². The highest BCUT2D eigenvalue weighted by Crippen LogP contribution is 2.53. The molecule has 0 N–H and O–H groups in total. The van der Waals surface area contributed by atoms with Gasteiger partial charge in [-0.2, -0.15) is 0 Å². The Labute approximate surface area is 126 Å². The van der Waals surface area contributed by atoms with Crippen molar-refractivity contribution in [2.75, 3.05) is 13.1 Å². The molecular weight excluding hydrogens is 263 g/mol. The van der Waals surface area contributed by atoms with E-state index in [1.807, 2.05) is 0 Å². The Bertz CT molecular complexity index is 409. The van der Waals surface area contributed by atoms with Crippen LogP contribution in [0.5, 0.6) is 0 Å². The predicted molar refractivity (Wildman–Crippen MR) is 90.5 cm³/mol. The molecule has 0 atom stereocenters. The molecule has 1 aliphatic heterocycles. The largest absolute Gasteiger partial charge is 0.261 e. The van der Waals surface area contributed by atoms with Gasteiger partial charge in [-0.1, -0.05) is 30.3 Å². The average molecular weight is 292 g/mol. The van der Waals surface area contributed by atoms with Crippen LogP contribution in [-0.2, 0) is 0 Å². The molecule has 20 heavy (non-hydrogen) atoms. The van der Waals surface area contributed by atoms with Gasteiger partial charge in [0.05, 0.1) is 8.22 Å². The Hall–Kier alpha value is -0.430. The standard InChI is InChI=1S/C17H29N2P/c1-16(2,3)18-13-10-14-19(17(4,5)6)20(18)15-11-8-7-9-12-15/h7-9,11-12H,10,13-14H2,1-6H3. The van der Waals surface area contributed by atoms with Crippen LogP contribution in [0, 0.1) is 0 Å². The lowest BCUT2D eigenvalue weighted by molar-refractivity contribution is 0.170. The van der Waals surface area contributed by atoms with Crippen LogP contribution in [0.2, 0.25) is 0 Å². The fourth-order valence-corrected chi connectivity index (χ4v) is 5.82. The summed E-state index contributed by atoms with van der Waals surface area (Å²) in [6, 6.07) is 11.1. The van der Waals surface area contributed by atoms with Crippen LogP contribution in [-0.4, -0.2) is 33.5 Å². The van der Waals surface area contributed by atoms with Gasteiger partial charge in [0.25, 0.3) is 0 Å². The van der Waals surface area contributed by atoms with Crippen LogP contribution >= 0.6 is 8.22 Å². The first-order chi connectivity index (χ1) is 9.21. The van der Waals surface area contributed by atoms with Gasteiger partial charge in [-0.25, -0.2) is 0 Å². The van der Waals surface area contributed by atoms with Gasteiger partial charge in [0, 0.05) is 29.5 Å². The molecule has 112 valence electrons. The van der Waals surface area contributed by atoms with Gasteiger partial charge in [0.1, 0.15) is 0 Å². The molecule has 0 aromatic heterocycles. The lowest BCUT2D eigenvalue weighted by Crippen LogP contribution is -2.53. The molecular formula is C17H29N2P. The fraction of sp³-hybridized carbons (Fsp3) is 0.647. The summed E-state index contributed by atoms with van der Waals surface area (Å²) in [5.74, 6) is 0. The summed E-state index contributed by atoms with van der Waals surface area (Å²) in [7, 11) is -0.403. The Morgan fingerprint density at radius 3 is 1.65 bits per heavy atom. The van der Waals surface area contributed by atoms with Crippen molar-refractivity contribution >= 4 is 13.5 Å². The second-order valence-corrected chi connectivity index (χ2v) is 9.63. The van der Waals surface area contributed by atoms with Crippen molar-refractivity contribution in [2.24, 2.45) is 0 Å². The summed E-state index contributed by atoms with van der Waals surface area (Å²) in [6.45, 7) is 16.5. The Kier molecular flexibility index (Phi) is 4.59. The highest BCUT2D eigenvalue weighted by atomic mass is 31.1. The summed E-state index contributed by atoms with van der Waals surface area (Å²) < 4.78 is 5.43. The number of nitrogens with zero attached hydrogens (tertiary/aromatic N) is 2. The van der Waals surface area contributed by atoms with Crippen LogP contribution in [0.1, 0.15) is 48.0 Å². The maximum Gasteiger partial charge on any atom is 0.0734 e. The molecule has 0 bridgehead atoms. The fourth-order valence-electron chi connectivity index (χ4n) is 2.77. The maximum absolute atomic E-state index is 2.71. The van der Waals surface area contributed by atoms with Crippen molar-refractivity contribution in [3.05, 3.63) is 30.3 Å². The first-order valence-corrected chi connectivity index (χ1v) is 8.86. The SMILES string of the molecule is CC(C)(C)N1CCCN(C(C)(C)C)P1c1ccccc1. The van der Waals surface area contributed by atoms with Crippen molar-refractivity contribution in [1.82, 2.24) is 9.34 Å². The molecule has 0 radical (unpaired) electrons. The van der Waals surface area contributed by atoms with E-state index >= 15 is 0 Å². The quantitative estimate of drug-likeness (QED) is 0.715. The Morgan fingerprint density at radius 1 is 0.800 bits per heavy atom. The summed E-state index contributed by atoms with van der Waals surface area (Å²) in [5, 5.41) is 1.48. The molecule has 0 amide bonds. The van der Waals surface area contributed by atoms with Crippen molar-refractivity contribution in [1.29, 1.82) is 0 Å². The van der Waals surface area contributed by atoms with Gasteiger partial charge < -0.3 is 0 Å². The van der Waals surface area contributed by atoms with E-state index < -0.39 is 8.22 Å². The molecule has 1 aromatic carbocycles. The third kappa shape index (κ3) is 3.42. The predicted octanol–water partition coefficient (Wildman–Crippen LogP) is 4.23. The van der Waals surface area contributed by atoms with E-state index in [0.717, 1.165) is 0 Å². The van der Waals surface area contributed by atoms with E-state index in [9.17, 15) is 0 Å². The Balaban J connectivity index is 2.44. The highest BCUT2D eigenvalue weighted by molar-refractivity contribution is 7.61. The summed E-state index contributed by atoms with van der Waals surface area (Å²) in [4.78, 5) is 0. The third-order valence-corrected chi connectivity index (χ3v) is 7.01. The molecule has 1 aliphatic rings. The molecule has 2 rings (SSSR count). The minimum Gasteiger partial charge on any atom is -0.261 e. The highest BCUT2D eigenvalue weighted by Gasteiger charge is 2.40. The van der Waals surface area contributed by atoms with Gasteiger partial charge in [0.15, 0.2) is 0 Å². The summed E-state index contributed by atoms with van der Waals surface area (Å²) >= 11 is 0. The topological polar surface area (TPSA) is 6.48 Å². The second kappa shape index (κ2) is 5.75. The van der Waals surface area contributed by atoms with Gasteiger partial charge in [-0.15, -0.1) is 0 Å². The van der Waals surface area contributed by atoms with Gasteiger partial charge in [-0.3, -0.25) is 9.34 Å². The van der Waals surface area contributed by atoms with E-state index in [2.05, 4.69) is 81.2 Å². The molecule has 0 spiro atoms. The summed E-state index contributed by atoms with van der Waals surface area (Å²) in [6.07, 6.45) is 1.26. The monoisotopic (exact) mass is 292 g/mol. The zero-order chi connectivity index (χ0) is 15.0. The second-order valence-electron chi connectivity index (χ2n) is 7.57. The van der Waals surface area contributed by atoms with Crippen molar-refractivity contribution in [3.8, 4) is 0 Å². The molecule has 0 saturated carbocycles. The zero-order valence-corrected chi connectivity index (χ0v) is 14.7. The van der Waals surface area contributed by atoms with Crippen molar-refractivity contribution < 1.29 is 0 Å². The van der Waals surface area contributed by atoms with Crippen LogP contribution in [0.4, 0.5) is 0 Å². The molecule has 0 unspecified atom stereocenters.